The van der Waals surface area contributed by atoms with Crippen molar-refractivity contribution in [1.29, 1.82) is 0 Å². The molecule has 0 aliphatic carbocycles. The minimum absolute atomic E-state index is 0.0677. The van der Waals surface area contributed by atoms with Crippen molar-refractivity contribution in [3.63, 3.8) is 0 Å². The summed E-state index contributed by atoms with van der Waals surface area (Å²) >= 11 is 3.22. The molecule has 0 saturated heterocycles. The highest BCUT2D eigenvalue weighted by Gasteiger charge is 2.34. The van der Waals surface area contributed by atoms with Gasteiger partial charge in [-0.15, -0.1) is 0 Å². The highest BCUT2D eigenvalue weighted by atomic mass is 79.9. The van der Waals surface area contributed by atoms with Crippen LogP contribution in [0.4, 0.5) is 18.9 Å². The summed E-state index contributed by atoms with van der Waals surface area (Å²) in [5, 5.41) is 5.47. The lowest BCUT2D eigenvalue weighted by Gasteiger charge is -2.28. The van der Waals surface area contributed by atoms with E-state index >= 15 is 0 Å². The Morgan fingerprint density at radius 3 is 2.54 bits per heavy atom. The summed E-state index contributed by atoms with van der Waals surface area (Å²) in [6.07, 6.45) is -0.460. The summed E-state index contributed by atoms with van der Waals surface area (Å²) in [6, 6.07) is 1.70. The number of hydrogen-bond acceptors (Lipinski definition) is 4. The molecule has 1 aromatic heterocycles. The van der Waals surface area contributed by atoms with Crippen LogP contribution in [0.1, 0.15) is 38.1 Å². The summed E-state index contributed by atoms with van der Waals surface area (Å²) in [7, 11) is 0. The molecule has 0 radical (unpaired) electrons. The maximum Gasteiger partial charge on any atom is 0.345 e. The fourth-order valence-electron chi connectivity index (χ4n) is 1.87. The Labute approximate surface area is 147 Å². The van der Waals surface area contributed by atoms with Gasteiger partial charge in [0.1, 0.15) is 16.4 Å². The van der Waals surface area contributed by atoms with Crippen LogP contribution in [0, 0.1) is 0 Å². The Balaban J connectivity index is 2.78. The van der Waals surface area contributed by atoms with Crippen LogP contribution in [0.15, 0.2) is 16.9 Å². The number of rotatable bonds is 8. The summed E-state index contributed by atoms with van der Waals surface area (Å²) in [5.41, 5.74) is -0.965. The minimum Gasteiger partial charge on any atom is -0.382 e. The van der Waals surface area contributed by atoms with Crippen molar-refractivity contribution in [2.75, 3.05) is 11.9 Å². The molecule has 1 heterocycles. The lowest BCUT2D eigenvalue weighted by Crippen LogP contribution is -2.45. The van der Waals surface area contributed by atoms with Crippen molar-refractivity contribution in [2.45, 2.75) is 52.1 Å². The first-order chi connectivity index (χ1) is 11.0. The summed E-state index contributed by atoms with van der Waals surface area (Å²) in [5.74, 6) is -0.561. The molecule has 0 aromatic carbocycles. The van der Waals surface area contributed by atoms with Gasteiger partial charge in [0.25, 0.3) is 5.91 Å². The number of alkyl halides is 3. The average Bonchev–Trinajstić information content (AvgIpc) is 2.42. The van der Waals surface area contributed by atoms with Gasteiger partial charge in [-0.25, -0.2) is 9.37 Å². The van der Waals surface area contributed by atoms with E-state index in [9.17, 15) is 18.0 Å². The number of nitrogens with zero attached hydrogens (tertiary/aromatic N) is 1. The van der Waals surface area contributed by atoms with Crippen LogP contribution in [-0.2, 0) is 4.74 Å². The van der Waals surface area contributed by atoms with Gasteiger partial charge >= 0.3 is 6.61 Å². The molecule has 0 fully saturated rings. The van der Waals surface area contributed by atoms with E-state index in [2.05, 4.69) is 36.3 Å². The largest absolute Gasteiger partial charge is 0.382 e. The van der Waals surface area contributed by atoms with Crippen LogP contribution in [0.2, 0.25) is 0 Å². The zero-order valence-corrected chi connectivity index (χ0v) is 15.5. The highest BCUT2D eigenvalue weighted by Crippen LogP contribution is 2.22. The van der Waals surface area contributed by atoms with Crippen molar-refractivity contribution in [1.82, 2.24) is 10.3 Å². The van der Waals surface area contributed by atoms with E-state index in [1.165, 1.54) is 20.0 Å². The predicted octanol–water partition coefficient (Wildman–Crippen LogP) is 3.75. The molecule has 24 heavy (non-hydrogen) atoms. The first kappa shape index (κ1) is 20.7. The molecule has 1 aromatic rings. The first-order valence-corrected chi connectivity index (χ1v) is 8.12. The fraction of sp³-hybridized carbons (Fsp3) is 0.600. The number of hydrogen-bond donors (Lipinski definition) is 2. The summed E-state index contributed by atoms with van der Waals surface area (Å²) in [6.45, 7) is 2.64. The smallest absolute Gasteiger partial charge is 0.345 e. The van der Waals surface area contributed by atoms with E-state index in [-0.39, 0.29) is 11.6 Å². The van der Waals surface area contributed by atoms with E-state index in [0.717, 1.165) is 0 Å². The van der Waals surface area contributed by atoms with E-state index in [4.69, 9.17) is 0 Å². The standard InChI is InChI=1S/C15H21BrF3N3O2/c1-8(2)22-10-5-12(16)20-6-9(10)13(23)21-7-11(17)15(3,4)24-14(18)19/h5-6,8,11,14H,7H2,1-4H3,(H,20,22)(H,21,23). The van der Waals surface area contributed by atoms with Crippen LogP contribution < -0.4 is 10.6 Å². The number of anilines is 1. The van der Waals surface area contributed by atoms with Gasteiger partial charge in [0.05, 0.1) is 17.8 Å². The first-order valence-electron chi connectivity index (χ1n) is 7.33. The predicted molar refractivity (Wildman–Crippen MR) is 89.1 cm³/mol. The van der Waals surface area contributed by atoms with Crippen molar-refractivity contribution in [2.24, 2.45) is 0 Å². The molecule has 9 heteroatoms. The second-order valence-electron chi connectivity index (χ2n) is 6.01. The molecule has 0 spiro atoms. The molecular formula is C15H21BrF3N3O2. The number of halogens is 4. The third-order valence-corrected chi connectivity index (χ3v) is 3.58. The van der Waals surface area contributed by atoms with Gasteiger partial charge in [-0.1, -0.05) is 0 Å². The molecular weight excluding hydrogens is 391 g/mol. The van der Waals surface area contributed by atoms with Crippen LogP contribution in [0.3, 0.4) is 0 Å². The van der Waals surface area contributed by atoms with Crippen molar-refractivity contribution < 1.29 is 22.7 Å². The number of pyridine rings is 1. The Hall–Kier alpha value is -1.35. The molecule has 136 valence electrons. The molecule has 5 nitrogen and oxygen atoms in total. The van der Waals surface area contributed by atoms with Crippen LogP contribution in [0.25, 0.3) is 0 Å². The second-order valence-corrected chi connectivity index (χ2v) is 6.82. The Morgan fingerprint density at radius 2 is 2.00 bits per heavy atom. The third-order valence-electron chi connectivity index (χ3n) is 3.15. The van der Waals surface area contributed by atoms with Crippen LogP contribution in [0.5, 0.6) is 0 Å². The van der Waals surface area contributed by atoms with Gasteiger partial charge in [0, 0.05) is 12.2 Å². The number of carbonyl (C=O) groups excluding carboxylic acids is 1. The normalized spacial score (nSPS) is 13.2. The van der Waals surface area contributed by atoms with Crippen LogP contribution >= 0.6 is 15.9 Å². The molecule has 1 rings (SSSR count). The van der Waals surface area contributed by atoms with Crippen molar-refractivity contribution >= 4 is 27.5 Å². The van der Waals surface area contributed by atoms with Crippen molar-refractivity contribution in [3.8, 4) is 0 Å². The minimum atomic E-state index is -3.09. The maximum absolute atomic E-state index is 14.1. The molecule has 1 atom stereocenters. The van der Waals surface area contributed by atoms with Crippen LogP contribution in [-0.4, -0.2) is 41.9 Å². The molecule has 0 bridgehead atoms. The van der Waals surface area contributed by atoms with E-state index in [1.54, 1.807) is 6.07 Å². The van der Waals surface area contributed by atoms with Gasteiger partial charge < -0.3 is 15.4 Å². The molecule has 0 aliphatic heterocycles. The lowest BCUT2D eigenvalue weighted by molar-refractivity contribution is -0.215. The summed E-state index contributed by atoms with van der Waals surface area (Å²) < 4.78 is 43.4. The van der Waals surface area contributed by atoms with Gasteiger partial charge in [-0.3, -0.25) is 4.79 Å². The number of ether oxygens (including phenoxy) is 1. The Morgan fingerprint density at radius 1 is 1.38 bits per heavy atom. The quantitative estimate of drug-likeness (QED) is 0.639. The monoisotopic (exact) mass is 411 g/mol. The van der Waals surface area contributed by atoms with Gasteiger partial charge in [-0.2, -0.15) is 8.78 Å². The SMILES string of the molecule is CC(C)Nc1cc(Br)ncc1C(=O)NCC(F)C(C)(C)OC(F)F. The summed E-state index contributed by atoms with van der Waals surface area (Å²) in [4.78, 5) is 16.2. The molecule has 0 saturated carbocycles. The van der Waals surface area contributed by atoms with E-state index < -0.39 is 30.8 Å². The number of carbonyl (C=O) groups is 1. The van der Waals surface area contributed by atoms with Gasteiger partial charge in [0.2, 0.25) is 0 Å². The number of aromatic nitrogens is 1. The van der Waals surface area contributed by atoms with Gasteiger partial charge in [0.15, 0.2) is 0 Å². The van der Waals surface area contributed by atoms with E-state index in [0.29, 0.717) is 10.3 Å². The fourth-order valence-corrected chi connectivity index (χ4v) is 2.20. The molecule has 0 aliphatic rings. The van der Waals surface area contributed by atoms with Gasteiger partial charge in [-0.05, 0) is 49.7 Å². The molecule has 2 N–H and O–H groups in total. The Kier molecular flexibility index (Phi) is 7.47. The Bertz CT molecular complexity index is 571. The maximum atomic E-state index is 14.1. The molecule has 1 unspecified atom stereocenters. The third kappa shape index (κ3) is 6.27. The number of amides is 1. The van der Waals surface area contributed by atoms with E-state index in [1.807, 2.05) is 13.8 Å². The number of nitrogens with one attached hydrogen (secondary N) is 2. The lowest BCUT2D eigenvalue weighted by atomic mass is 10.0. The van der Waals surface area contributed by atoms with Crippen molar-refractivity contribution in [3.05, 3.63) is 22.4 Å². The molecule has 1 amide bonds. The average molecular weight is 412 g/mol. The highest BCUT2D eigenvalue weighted by molar-refractivity contribution is 9.10. The zero-order valence-electron chi connectivity index (χ0n) is 13.9. The topological polar surface area (TPSA) is 63.2 Å². The zero-order chi connectivity index (χ0) is 18.5. The second kappa shape index (κ2) is 8.66.